The Morgan fingerprint density at radius 3 is 2.45 bits per heavy atom. The minimum atomic E-state index is -0.582. The van der Waals surface area contributed by atoms with E-state index in [1.807, 2.05) is 42.5 Å². The van der Waals surface area contributed by atoms with Crippen LogP contribution in [0.15, 0.2) is 72.8 Å². The summed E-state index contributed by atoms with van der Waals surface area (Å²) in [6, 6.07) is 20.8. The molecule has 148 valence electrons. The van der Waals surface area contributed by atoms with Gasteiger partial charge in [0.25, 0.3) is 0 Å². The summed E-state index contributed by atoms with van der Waals surface area (Å²) in [5.41, 5.74) is 2.04. The van der Waals surface area contributed by atoms with Crippen LogP contribution in [0.25, 0.3) is 16.8 Å². The Balaban J connectivity index is 1.62. The zero-order valence-corrected chi connectivity index (χ0v) is 16.1. The molecular weight excluding hydrogens is 368 g/mol. The van der Waals surface area contributed by atoms with E-state index < -0.39 is 6.09 Å². The van der Waals surface area contributed by atoms with Gasteiger partial charge in [0.1, 0.15) is 6.61 Å². The van der Waals surface area contributed by atoms with E-state index in [1.165, 1.54) is 13.2 Å². The van der Waals surface area contributed by atoms with Crippen molar-refractivity contribution in [3.63, 3.8) is 0 Å². The number of methoxy groups -OCH3 is 1. The SMILES string of the molecule is COCCOC(=O)Nc1cccc(NC(=O)C=Cc2cccc3ccccc23)c1. The van der Waals surface area contributed by atoms with E-state index in [0.29, 0.717) is 18.0 Å². The maximum atomic E-state index is 12.3. The third-order valence-corrected chi connectivity index (χ3v) is 4.13. The highest BCUT2D eigenvalue weighted by Crippen LogP contribution is 2.20. The lowest BCUT2D eigenvalue weighted by atomic mass is 10.0. The Morgan fingerprint density at radius 2 is 1.62 bits per heavy atom. The number of amides is 2. The minimum Gasteiger partial charge on any atom is -0.447 e. The first-order valence-corrected chi connectivity index (χ1v) is 9.15. The van der Waals surface area contributed by atoms with Crippen LogP contribution in [0.5, 0.6) is 0 Å². The fourth-order valence-electron chi connectivity index (χ4n) is 2.79. The maximum Gasteiger partial charge on any atom is 0.411 e. The van der Waals surface area contributed by atoms with Gasteiger partial charge in [-0.1, -0.05) is 48.5 Å². The fourth-order valence-corrected chi connectivity index (χ4v) is 2.79. The van der Waals surface area contributed by atoms with Crippen LogP contribution in [-0.4, -0.2) is 32.3 Å². The van der Waals surface area contributed by atoms with Crippen LogP contribution in [-0.2, 0) is 14.3 Å². The molecule has 0 saturated heterocycles. The molecule has 29 heavy (non-hydrogen) atoms. The summed E-state index contributed by atoms with van der Waals surface area (Å²) in [6.45, 7) is 0.490. The van der Waals surface area contributed by atoms with Crippen LogP contribution in [0.2, 0.25) is 0 Å². The molecule has 0 aliphatic heterocycles. The van der Waals surface area contributed by atoms with Crippen molar-refractivity contribution in [3.05, 3.63) is 78.4 Å². The topological polar surface area (TPSA) is 76.7 Å². The van der Waals surface area contributed by atoms with E-state index in [9.17, 15) is 9.59 Å². The highest BCUT2D eigenvalue weighted by molar-refractivity contribution is 6.04. The standard InChI is InChI=1S/C23H22N2O4/c1-28-14-15-29-23(27)25-20-10-5-9-19(16-20)24-22(26)13-12-18-8-4-7-17-6-2-3-11-21(17)18/h2-13,16H,14-15H2,1H3,(H,24,26)(H,25,27). The number of ether oxygens (including phenoxy) is 2. The molecule has 0 saturated carbocycles. The predicted octanol–water partition coefficient (Wildman–Crippen LogP) is 4.69. The summed E-state index contributed by atoms with van der Waals surface area (Å²) >= 11 is 0. The molecule has 0 aromatic heterocycles. The number of hydrogen-bond donors (Lipinski definition) is 2. The van der Waals surface area contributed by atoms with E-state index in [4.69, 9.17) is 9.47 Å². The molecule has 0 aliphatic carbocycles. The summed E-state index contributed by atoms with van der Waals surface area (Å²) in [5.74, 6) is -0.266. The van der Waals surface area contributed by atoms with Crippen molar-refractivity contribution in [2.75, 3.05) is 31.0 Å². The Hall–Kier alpha value is -3.64. The summed E-state index contributed by atoms with van der Waals surface area (Å²) in [4.78, 5) is 24.0. The van der Waals surface area contributed by atoms with Crippen LogP contribution in [0.3, 0.4) is 0 Å². The van der Waals surface area contributed by atoms with E-state index in [2.05, 4.69) is 10.6 Å². The second-order valence-electron chi connectivity index (χ2n) is 6.23. The molecule has 0 atom stereocenters. The molecule has 0 spiro atoms. The van der Waals surface area contributed by atoms with Crippen LogP contribution in [0, 0.1) is 0 Å². The number of carbonyl (C=O) groups is 2. The monoisotopic (exact) mass is 390 g/mol. The average Bonchev–Trinajstić information content (AvgIpc) is 2.72. The Morgan fingerprint density at radius 1 is 0.897 bits per heavy atom. The Labute approximate surface area is 169 Å². The highest BCUT2D eigenvalue weighted by Gasteiger charge is 2.05. The van der Waals surface area contributed by atoms with Gasteiger partial charge in [-0.15, -0.1) is 0 Å². The molecule has 3 rings (SSSR count). The van der Waals surface area contributed by atoms with Gasteiger partial charge in [0, 0.05) is 24.6 Å². The van der Waals surface area contributed by atoms with Crippen molar-refractivity contribution >= 4 is 40.2 Å². The molecule has 3 aromatic rings. The Kier molecular flexibility index (Phi) is 6.97. The normalized spacial score (nSPS) is 10.8. The lowest BCUT2D eigenvalue weighted by molar-refractivity contribution is -0.111. The first-order valence-electron chi connectivity index (χ1n) is 9.15. The van der Waals surface area contributed by atoms with Gasteiger partial charge < -0.3 is 14.8 Å². The van der Waals surface area contributed by atoms with Crippen LogP contribution in [0.1, 0.15) is 5.56 Å². The molecule has 2 amide bonds. The van der Waals surface area contributed by atoms with Crippen molar-refractivity contribution in [1.82, 2.24) is 0 Å². The number of fused-ring (bicyclic) bond motifs is 1. The highest BCUT2D eigenvalue weighted by atomic mass is 16.6. The zero-order chi connectivity index (χ0) is 20.5. The number of benzene rings is 3. The van der Waals surface area contributed by atoms with Crippen molar-refractivity contribution < 1.29 is 19.1 Å². The number of rotatable bonds is 7. The largest absolute Gasteiger partial charge is 0.447 e. The quantitative estimate of drug-likeness (QED) is 0.453. The summed E-state index contributed by atoms with van der Waals surface area (Å²) in [5, 5.41) is 7.59. The first-order chi connectivity index (χ1) is 14.2. The molecular formula is C23H22N2O4. The predicted molar refractivity (Wildman–Crippen MR) is 115 cm³/mol. The van der Waals surface area contributed by atoms with E-state index in [0.717, 1.165) is 16.3 Å². The summed E-state index contributed by atoms with van der Waals surface area (Å²) < 4.78 is 9.78. The number of hydrogen-bond acceptors (Lipinski definition) is 4. The molecule has 0 unspecified atom stereocenters. The van der Waals surface area contributed by atoms with Crippen molar-refractivity contribution in [1.29, 1.82) is 0 Å². The van der Waals surface area contributed by atoms with Gasteiger partial charge in [0.2, 0.25) is 5.91 Å². The molecule has 0 heterocycles. The van der Waals surface area contributed by atoms with Crippen LogP contribution in [0.4, 0.5) is 16.2 Å². The molecule has 6 heteroatoms. The zero-order valence-electron chi connectivity index (χ0n) is 16.1. The molecule has 0 fully saturated rings. The second-order valence-corrected chi connectivity index (χ2v) is 6.23. The molecule has 0 bridgehead atoms. The molecule has 0 radical (unpaired) electrons. The van der Waals surface area contributed by atoms with Crippen LogP contribution >= 0.6 is 0 Å². The smallest absolute Gasteiger partial charge is 0.411 e. The molecule has 0 aliphatic rings. The molecule has 2 N–H and O–H groups in total. The van der Waals surface area contributed by atoms with Gasteiger partial charge >= 0.3 is 6.09 Å². The van der Waals surface area contributed by atoms with Gasteiger partial charge in [0.15, 0.2) is 0 Å². The third kappa shape index (κ3) is 5.92. The third-order valence-electron chi connectivity index (χ3n) is 4.13. The maximum absolute atomic E-state index is 12.3. The van der Waals surface area contributed by atoms with Gasteiger partial charge in [-0.25, -0.2) is 4.79 Å². The van der Waals surface area contributed by atoms with Crippen molar-refractivity contribution in [3.8, 4) is 0 Å². The first kappa shape index (κ1) is 20.1. The van der Waals surface area contributed by atoms with Crippen LogP contribution < -0.4 is 10.6 Å². The molecule has 3 aromatic carbocycles. The second kappa shape index (κ2) is 10.1. The minimum absolute atomic E-state index is 0.164. The van der Waals surface area contributed by atoms with Gasteiger partial charge in [-0.2, -0.15) is 0 Å². The van der Waals surface area contributed by atoms with E-state index in [-0.39, 0.29) is 12.5 Å². The number of nitrogens with one attached hydrogen (secondary N) is 2. The molecule has 6 nitrogen and oxygen atoms in total. The summed E-state index contributed by atoms with van der Waals surface area (Å²) in [6.07, 6.45) is 2.69. The average molecular weight is 390 g/mol. The lowest BCUT2D eigenvalue weighted by Gasteiger charge is -2.08. The van der Waals surface area contributed by atoms with E-state index in [1.54, 1.807) is 30.3 Å². The number of anilines is 2. The van der Waals surface area contributed by atoms with Crippen molar-refractivity contribution in [2.45, 2.75) is 0 Å². The van der Waals surface area contributed by atoms with Gasteiger partial charge in [-0.05, 0) is 40.6 Å². The summed E-state index contributed by atoms with van der Waals surface area (Å²) in [7, 11) is 1.53. The van der Waals surface area contributed by atoms with Crippen molar-refractivity contribution in [2.24, 2.45) is 0 Å². The number of carbonyl (C=O) groups excluding carboxylic acids is 2. The van der Waals surface area contributed by atoms with E-state index >= 15 is 0 Å². The van der Waals surface area contributed by atoms with Gasteiger partial charge in [0.05, 0.1) is 6.61 Å². The fraction of sp³-hybridized carbons (Fsp3) is 0.130. The Bertz CT molecular complexity index is 1020. The lowest BCUT2D eigenvalue weighted by Crippen LogP contribution is -2.16. The van der Waals surface area contributed by atoms with Gasteiger partial charge in [-0.3, -0.25) is 10.1 Å².